The molecule has 0 aromatic heterocycles. The molecule has 0 atom stereocenters. The Bertz CT molecular complexity index is 475. The van der Waals surface area contributed by atoms with Crippen LogP contribution in [0.2, 0.25) is 0 Å². The Labute approximate surface area is 111 Å². The Morgan fingerprint density at radius 2 is 2.11 bits per heavy atom. The maximum atomic E-state index is 13.6. The van der Waals surface area contributed by atoms with Gasteiger partial charge in [0.25, 0.3) is 5.91 Å². The summed E-state index contributed by atoms with van der Waals surface area (Å²) in [4.78, 5) is 13.7. The molecule has 1 aromatic rings. The van der Waals surface area contributed by atoms with Gasteiger partial charge in [-0.2, -0.15) is 0 Å². The molecule has 1 aromatic carbocycles. The van der Waals surface area contributed by atoms with Crippen molar-refractivity contribution >= 4 is 11.7 Å². The molecule has 1 rings (SSSR count). The Kier molecular flexibility index (Phi) is 5.29. The third-order valence-electron chi connectivity index (χ3n) is 2.73. The van der Waals surface area contributed by atoms with Crippen LogP contribution in [0.4, 0.5) is 4.39 Å². The van der Waals surface area contributed by atoms with Crippen LogP contribution in [0.25, 0.3) is 0 Å². The molecule has 3 N–H and O–H groups in total. The Balaban J connectivity index is 2.88. The van der Waals surface area contributed by atoms with Gasteiger partial charge in [0.05, 0.1) is 5.56 Å². The highest BCUT2D eigenvalue weighted by Gasteiger charge is 2.21. The van der Waals surface area contributed by atoms with E-state index in [-0.39, 0.29) is 30.4 Å². The molecule has 19 heavy (non-hydrogen) atoms. The van der Waals surface area contributed by atoms with Crippen molar-refractivity contribution in [1.29, 1.82) is 0 Å². The van der Waals surface area contributed by atoms with Crippen LogP contribution in [0.3, 0.4) is 0 Å². The zero-order valence-electron chi connectivity index (χ0n) is 11.0. The number of nitrogens with two attached hydrogens (primary N) is 1. The van der Waals surface area contributed by atoms with Crippen molar-refractivity contribution in [2.45, 2.75) is 26.3 Å². The number of oxime groups is 1. The van der Waals surface area contributed by atoms with Crippen LogP contribution >= 0.6 is 0 Å². The van der Waals surface area contributed by atoms with Crippen molar-refractivity contribution in [3.8, 4) is 0 Å². The Morgan fingerprint density at radius 3 is 2.63 bits per heavy atom. The number of amidine groups is 1. The molecule has 0 heterocycles. The fraction of sp³-hybridized carbons (Fsp3) is 0.385. The highest BCUT2D eigenvalue weighted by atomic mass is 19.1. The van der Waals surface area contributed by atoms with Crippen molar-refractivity contribution in [1.82, 2.24) is 4.90 Å². The van der Waals surface area contributed by atoms with E-state index in [1.165, 1.54) is 23.1 Å². The number of carbonyl (C=O) groups is 1. The summed E-state index contributed by atoms with van der Waals surface area (Å²) < 4.78 is 13.6. The summed E-state index contributed by atoms with van der Waals surface area (Å²) in [6, 6.07) is 5.71. The second kappa shape index (κ2) is 6.72. The van der Waals surface area contributed by atoms with Crippen molar-refractivity contribution in [3.63, 3.8) is 0 Å². The van der Waals surface area contributed by atoms with Gasteiger partial charge in [0.1, 0.15) is 11.7 Å². The number of halogens is 1. The van der Waals surface area contributed by atoms with E-state index in [1.54, 1.807) is 6.07 Å². The minimum Gasteiger partial charge on any atom is -0.409 e. The van der Waals surface area contributed by atoms with Crippen molar-refractivity contribution in [3.05, 3.63) is 35.6 Å². The Morgan fingerprint density at radius 1 is 1.47 bits per heavy atom. The van der Waals surface area contributed by atoms with Crippen molar-refractivity contribution in [2.75, 3.05) is 6.54 Å². The lowest BCUT2D eigenvalue weighted by Gasteiger charge is -2.26. The van der Waals surface area contributed by atoms with Gasteiger partial charge in [0.2, 0.25) is 0 Å². The summed E-state index contributed by atoms with van der Waals surface area (Å²) in [5.74, 6) is -0.923. The lowest BCUT2D eigenvalue weighted by atomic mass is 10.1. The molecule has 104 valence electrons. The van der Waals surface area contributed by atoms with Crippen LogP contribution in [-0.4, -0.2) is 34.4 Å². The largest absolute Gasteiger partial charge is 0.409 e. The normalized spacial score (nSPS) is 11.7. The third kappa shape index (κ3) is 3.94. The number of hydrogen-bond acceptors (Lipinski definition) is 3. The van der Waals surface area contributed by atoms with Crippen molar-refractivity contribution < 1.29 is 14.4 Å². The predicted molar refractivity (Wildman–Crippen MR) is 70.6 cm³/mol. The molecule has 6 heteroatoms. The summed E-state index contributed by atoms with van der Waals surface area (Å²) >= 11 is 0. The number of benzene rings is 1. The van der Waals surface area contributed by atoms with Gasteiger partial charge in [0, 0.05) is 19.0 Å². The summed E-state index contributed by atoms with van der Waals surface area (Å²) in [6.07, 6.45) is 0.231. The highest BCUT2D eigenvalue weighted by molar-refractivity contribution is 5.95. The van der Waals surface area contributed by atoms with E-state index in [0.717, 1.165) is 0 Å². The van der Waals surface area contributed by atoms with E-state index in [9.17, 15) is 9.18 Å². The van der Waals surface area contributed by atoms with Gasteiger partial charge in [-0.3, -0.25) is 4.79 Å². The van der Waals surface area contributed by atoms with E-state index >= 15 is 0 Å². The quantitative estimate of drug-likeness (QED) is 0.369. The molecule has 0 radical (unpaired) electrons. The number of nitrogens with zero attached hydrogens (tertiary/aromatic N) is 2. The predicted octanol–water partition coefficient (Wildman–Crippen LogP) is 1.81. The zero-order chi connectivity index (χ0) is 14.4. The second-order valence-electron chi connectivity index (χ2n) is 4.41. The van der Waals surface area contributed by atoms with Gasteiger partial charge in [0.15, 0.2) is 0 Å². The molecular weight excluding hydrogens is 249 g/mol. The summed E-state index contributed by atoms with van der Waals surface area (Å²) in [5, 5.41) is 11.3. The van der Waals surface area contributed by atoms with E-state index < -0.39 is 11.7 Å². The summed E-state index contributed by atoms with van der Waals surface area (Å²) in [5.41, 5.74) is 5.40. The lowest BCUT2D eigenvalue weighted by Crippen LogP contribution is -2.39. The first kappa shape index (κ1) is 14.9. The van der Waals surface area contributed by atoms with E-state index in [2.05, 4.69) is 5.16 Å². The minimum atomic E-state index is -0.554. The molecule has 0 saturated heterocycles. The van der Waals surface area contributed by atoms with Crippen LogP contribution in [0.15, 0.2) is 29.4 Å². The monoisotopic (exact) mass is 267 g/mol. The van der Waals surface area contributed by atoms with Crippen molar-refractivity contribution in [2.24, 2.45) is 10.9 Å². The smallest absolute Gasteiger partial charge is 0.257 e. The summed E-state index contributed by atoms with van der Waals surface area (Å²) in [6.45, 7) is 3.91. The average molecular weight is 267 g/mol. The van der Waals surface area contributed by atoms with Crippen LogP contribution in [0, 0.1) is 5.82 Å². The molecule has 1 amide bonds. The topological polar surface area (TPSA) is 78.9 Å². The maximum absolute atomic E-state index is 13.6. The molecule has 0 spiro atoms. The molecule has 5 nitrogen and oxygen atoms in total. The first-order valence-electron chi connectivity index (χ1n) is 5.99. The number of carbonyl (C=O) groups excluding carboxylic acids is 1. The van der Waals surface area contributed by atoms with Gasteiger partial charge in [-0.1, -0.05) is 17.3 Å². The maximum Gasteiger partial charge on any atom is 0.257 e. The van der Waals surface area contributed by atoms with Gasteiger partial charge in [-0.25, -0.2) is 4.39 Å². The first-order valence-corrected chi connectivity index (χ1v) is 5.99. The lowest BCUT2D eigenvalue weighted by molar-refractivity contribution is 0.0706. The molecule has 0 aliphatic carbocycles. The van der Waals surface area contributed by atoms with Crippen LogP contribution in [0.5, 0.6) is 0 Å². The van der Waals surface area contributed by atoms with Gasteiger partial charge >= 0.3 is 0 Å². The van der Waals surface area contributed by atoms with Crippen LogP contribution in [-0.2, 0) is 0 Å². The fourth-order valence-corrected chi connectivity index (χ4v) is 1.67. The standard InChI is InChI=1S/C13H18FN3O2/c1-9(2)17(8-7-12(15)16-19)13(18)10-5-3-4-6-11(10)14/h3-6,9,19H,7-8H2,1-2H3,(H2,15,16). The molecule has 0 aliphatic rings. The highest BCUT2D eigenvalue weighted by Crippen LogP contribution is 2.12. The van der Waals surface area contributed by atoms with Gasteiger partial charge in [-0.05, 0) is 26.0 Å². The van der Waals surface area contributed by atoms with E-state index in [0.29, 0.717) is 0 Å². The zero-order valence-corrected chi connectivity index (χ0v) is 11.0. The Hall–Kier alpha value is -2.11. The number of amides is 1. The average Bonchev–Trinajstić information content (AvgIpc) is 2.38. The van der Waals surface area contributed by atoms with Gasteiger partial charge < -0.3 is 15.8 Å². The van der Waals surface area contributed by atoms with Crippen LogP contribution < -0.4 is 5.73 Å². The third-order valence-corrected chi connectivity index (χ3v) is 2.73. The molecule has 0 unspecified atom stereocenters. The molecule has 0 aliphatic heterocycles. The summed E-state index contributed by atoms with van der Waals surface area (Å²) in [7, 11) is 0. The van der Waals surface area contributed by atoms with E-state index in [4.69, 9.17) is 10.9 Å². The fourth-order valence-electron chi connectivity index (χ4n) is 1.67. The van der Waals surface area contributed by atoms with E-state index in [1.807, 2.05) is 13.8 Å². The molecule has 0 saturated carbocycles. The SMILES string of the molecule is CC(C)N(CC/C(N)=N/O)C(=O)c1ccccc1F. The first-order chi connectivity index (χ1) is 8.97. The molecule has 0 fully saturated rings. The molecular formula is C13H18FN3O2. The van der Waals surface area contributed by atoms with Crippen LogP contribution in [0.1, 0.15) is 30.6 Å². The number of rotatable bonds is 5. The minimum absolute atomic E-state index is 0.0238. The number of hydrogen-bond donors (Lipinski definition) is 2. The molecule has 0 bridgehead atoms. The van der Waals surface area contributed by atoms with Gasteiger partial charge in [-0.15, -0.1) is 0 Å². The second-order valence-corrected chi connectivity index (χ2v) is 4.41.